The summed E-state index contributed by atoms with van der Waals surface area (Å²) in [4.78, 5) is 0. The number of hydrogen-bond donors (Lipinski definition) is 2. The molecule has 0 aromatic heterocycles. The molecule has 0 aliphatic heterocycles. The summed E-state index contributed by atoms with van der Waals surface area (Å²) >= 11 is 0. The first kappa shape index (κ1) is 12.9. The molecule has 0 aliphatic carbocycles. The van der Waals surface area contributed by atoms with Crippen molar-refractivity contribution in [3.63, 3.8) is 0 Å². The minimum absolute atomic E-state index is 0.401. The number of aliphatic hydroxyl groups is 1. The van der Waals surface area contributed by atoms with E-state index >= 15 is 0 Å². The highest BCUT2D eigenvalue weighted by Crippen LogP contribution is 2.06. The van der Waals surface area contributed by atoms with E-state index in [2.05, 4.69) is 12.2 Å². The lowest BCUT2D eigenvalue weighted by molar-refractivity contribution is 0.0520. The van der Waals surface area contributed by atoms with Gasteiger partial charge in [0.2, 0.25) is 0 Å². The third-order valence-electron chi connectivity index (χ3n) is 2.35. The molecule has 3 nitrogen and oxygen atoms in total. The highest BCUT2D eigenvalue weighted by Gasteiger charge is 2.17. The molecule has 0 saturated heterocycles. The Bertz CT molecular complexity index is 126. The summed E-state index contributed by atoms with van der Waals surface area (Å²) in [5.41, 5.74) is -0.582. The fourth-order valence-electron chi connectivity index (χ4n) is 0.916. The number of rotatable bonds is 7. The van der Waals surface area contributed by atoms with E-state index in [1.165, 1.54) is 0 Å². The third-order valence-corrected chi connectivity index (χ3v) is 2.35. The number of hydrogen-bond acceptors (Lipinski definition) is 3. The van der Waals surface area contributed by atoms with E-state index in [9.17, 15) is 5.11 Å². The predicted octanol–water partition coefficient (Wildman–Crippen LogP) is 1.16. The fraction of sp³-hybridized carbons (Fsp3) is 1.00. The van der Waals surface area contributed by atoms with Gasteiger partial charge >= 0.3 is 0 Å². The molecule has 0 heterocycles. The number of ether oxygens (including phenoxy) is 1. The van der Waals surface area contributed by atoms with Crippen molar-refractivity contribution in [2.45, 2.75) is 45.3 Å². The fourth-order valence-corrected chi connectivity index (χ4v) is 0.916. The van der Waals surface area contributed by atoms with Crippen LogP contribution in [-0.4, -0.2) is 37.0 Å². The smallest absolute Gasteiger partial charge is 0.0741 e. The van der Waals surface area contributed by atoms with E-state index in [0.29, 0.717) is 12.6 Å². The highest BCUT2D eigenvalue weighted by molar-refractivity contribution is 4.75. The second kappa shape index (κ2) is 6.35. The molecule has 0 rings (SSSR count). The van der Waals surface area contributed by atoms with Crippen molar-refractivity contribution in [1.82, 2.24) is 5.32 Å². The normalized spacial score (nSPS) is 18.2. The van der Waals surface area contributed by atoms with E-state index in [0.717, 1.165) is 19.4 Å². The molecule has 2 atom stereocenters. The predicted molar refractivity (Wildman–Crippen MR) is 54.9 cm³/mol. The molecule has 0 amide bonds. The molecule has 13 heavy (non-hydrogen) atoms. The summed E-state index contributed by atoms with van der Waals surface area (Å²) in [5.74, 6) is 0. The van der Waals surface area contributed by atoms with Crippen LogP contribution in [0.25, 0.3) is 0 Å². The quantitative estimate of drug-likeness (QED) is 0.631. The van der Waals surface area contributed by atoms with Crippen LogP contribution in [0.5, 0.6) is 0 Å². The van der Waals surface area contributed by atoms with E-state index < -0.39 is 5.60 Å². The van der Waals surface area contributed by atoms with E-state index in [-0.39, 0.29) is 0 Å². The molecule has 0 spiro atoms. The molecule has 0 saturated carbocycles. The molecule has 0 aromatic rings. The molecular weight excluding hydrogens is 166 g/mol. The Morgan fingerprint density at radius 2 is 2.15 bits per heavy atom. The van der Waals surface area contributed by atoms with Crippen molar-refractivity contribution in [1.29, 1.82) is 0 Å². The lowest BCUT2D eigenvalue weighted by atomic mass is 10.0. The van der Waals surface area contributed by atoms with Crippen LogP contribution in [0.15, 0.2) is 0 Å². The number of methoxy groups -OCH3 is 1. The van der Waals surface area contributed by atoms with Gasteiger partial charge in [0.15, 0.2) is 0 Å². The van der Waals surface area contributed by atoms with Crippen LogP contribution in [0.4, 0.5) is 0 Å². The zero-order valence-corrected chi connectivity index (χ0v) is 9.26. The summed E-state index contributed by atoms with van der Waals surface area (Å²) in [7, 11) is 1.70. The standard InChI is InChI=1S/C10H23NO2/c1-5-10(3,12)8-11-9(2)6-7-13-4/h9,11-12H,5-8H2,1-4H3. The Morgan fingerprint density at radius 3 is 2.62 bits per heavy atom. The minimum Gasteiger partial charge on any atom is -0.389 e. The van der Waals surface area contributed by atoms with Gasteiger partial charge in [-0.05, 0) is 26.7 Å². The summed E-state index contributed by atoms with van der Waals surface area (Å²) in [5, 5.41) is 13.0. The zero-order chi connectivity index (χ0) is 10.3. The van der Waals surface area contributed by atoms with Gasteiger partial charge in [-0.15, -0.1) is 0 Å². The average molecular weight is 189 g/mol. The first-order chi connectivity index (χ1) is 6.02. The highest BCUT2D eigenvalue weighted by atomic mass is 16.5. The summed E-state index contributed by atoms with van der Waals surface area (Å²) < 4.78 is 4.97. The van der Waals surface area contributed by atoms with Crippen LogP contribution in [0.3, 0.4) is 0 Å². The van der Waals surface area contributed by atoms with Crippen LogP contribution in [-0.2, 0) is 4.74 Å². The Balaban J connectivity index is 3.51. The minimum atomic E-state index is -0.582. The summed E-state index contributed by atoms with van der Waals surface area (Å²) in [6.07, 6.45) is 1.76. The van der Waals surface area contributed by atoms with Gasteiger partial charge in [0.1, 0.15) is 0 Å². The molecule has 0 radical (unpaired) electrons. The van der Waals surface area contributed by atoms with Crippen LogP contribution in [0, 0.1) is 0 Å². The first-order valence-electron chi connectivity index (χ1n) is 4.96. The Hall–Kier alpha value is -0.120. The molecule has 80 valence electrons. The van der Waals surface area contributed by atoms with Crippen molar-refractivity contribution >= 4 is 0 Å². The van der Waals surface area contributed by atoms with Gasteiger partial charge in [0.25, 0.3) is 0 Å². The second-order valence-electron chi connectivity index (χ2n) is 3.91. The lowest BCUT2D eigenvalue weighted by Crippen LogP contribution is -2.41. The maximum absolute atomic E-state index is 9.70. The van der Waals surface area contributed by atoms with Gasteiger partial charge in [0, 0.05) is 26.3 Å². The van der Waals surface area contributed by atoms with Crippen molar-refractivity contribution in [2.24, 2.45) is 0 Å². The van der Waals surface area contributed by atoms with Crippen molar-refractivity contribution in [3.8, 4) is 0 Å². The SMILES string of the molecule is CCC(C)(O)CNC(C)CCOC. The molecule has 3 heteroatoms. The average Bonchev–Trinajstić information content (AvgIpc) is 2.11. The Kier molecular flexibility index (Phi) is 6.29. The molecule has 0 aromatic carbocycles. The molecule has 2 unspecified atom stereocenters. The van der Waals surface area contributed by atoms with Crippen LogP contribution < -0.4 is 5.32 Å². The van der Waals surface area contributed by atoms with Gasteiger partial charge in [0.05, 0.1) is 5.60 Å². The summed E-state index contributed by atoms with van der Waals surface area (Å²) in [6, 6.07) is 0.401. The van der Waals surface area contributed by atoms with Crippen molar-refractivity contribution in [2.75, 3.05) is 20.3 Å². The lowest BCUT2D eigenvalue weighted by Gasteiger charge is -2.24. The van der Waals surface area contributed by atoms with Gasteiger partial charge in [-0.1, -0.05) is 6.92 Å². The second-order valence-corrected chi connectivity index (χ2v) is 3.91. The molecular formula is C10H23NO2. The van der Waals surface area contributed by atoms with E-state index in [1.54, 1.807) is 7.11 Å². The van der Waals surface area contributed by atoms with Crippen molar-refractivity contribution in [3.05, 3.63) is 0 Å². The van der Waals surface area contributed by atoms with Gasteiger partial charge in [-0.3, -0.25) is 0 Å². The van der Waals surface area contributed by atoms with Crippen LogP contribution in [0.1, 0.15) is 33.6 Å². The maximum atomic E-state index is 9.70. The molecule has 2 N–H and O–H groups in total. The number of nitrogens with one attached hydrogen (secondary N) is 1. The summed E-state index contributed by atoms with van der Waals surface area (Å²) in [6.45, 7) is 7.35. The van der Waals surface area contributed by atoms with E-state index in [4.69, 9.17) is 4.74 Å². The Morgan fingerprint density at radius 1 is 1.54 bits per heavy atom. The van der Waals surface area contributed by atoms with Gasteiger partial charge in [-0.25, -0.2) is 0 Å². The first-order valence-corrected chi connectivity index (χ1v) is 4.96. The molecule has 0 bridgehead atoms. The van der Waals surface area contributed by atoms with Gasteiger partial charge < -0.3 is 15.2 Å². The van der Waals surface area contributed by atoms with Gasteiger partial charge in [-0.2, -0.15) is 0 Å². The largest absolute Gasteiger partial charge is 0.389 e. The van der Waals surface area contributed by atoms with E-state index in [1.807, 2.05) is 13.8 Å². The Labute approximate surface area is 81.5 Å². The molecule has 0 fully saturated rings. The molecule has 0 aliphatic rings. The van der Waals surface area contributed by atoms with Crippen molar-refractivity contribution < 1.29 is 9.84 Å². The monoisotopic (exact) mass is 189 g/mol. The zero-order valence-electron chi connectivity index (χ0n) is 9.26. The van der Waals surface area contributed by atoms with Crippen LogP contribution in [0.2, 0.25) is 0 Å². The maximum Gasteiger partial charge on any atom is 0.0741 e. The van der Waals surface area contributed by atoms with Crippen LogP contribution >= 0.6 is 0 Å². The topological polar surface area (TPSA) is 41.5 Å². The third kappa shape index (κ3) is 6.99.